The second kappa shape index (κ2) is 8.39. The molecule has 0 saturated carbocycles. The lowest BCUT2D eigenvalue weighted by Crippen LogP contribution is -2.28. The molecule has 0 bridgehead atoms. The maximum absolute atomic E-state index is 14.1. The monoisotopic (exact) mass is 416 g/mol. The standard InChI is InChI=1S/C24H21FN4O2/c1-16(17-6-5-7-18(14-17)21-12-13-28(2)27-21)26-24(31)19-10-11-23(30)29(15-19)22-9-4-3-8-20(22)25/h3-16H,1-2H3,(H,26,31)/t16-/m1/s1. The molecule has 6 nitrogen and oxygen atoms in total. The Morgan fingerprint density at radius 3 is 2.61 bits per heavy atom. The SMILES string of the molecule is C[C@@H](NC(=O)c1ccc(=O)n(-c2ccccc2F)c1)c1cccc(-c2ccn(C)n2)c1. The molecule has 1 amide bonds. The number of aromatic nitrogens is 3. The number of para-hydroxylation sites is 1. The minimum Gasteiger partial charge on any atom is -0.345 e. The van der Waals surface area contributed by atoms with Crippen molar-refractivity contribution in [2.75, 3.05) is 0 Å². The third-order valence-corrected chi connectivity index (χ3v) is 5.03. The van der Waals surface area contributed by atoms with Crippen molar-refractivity contribution < 1.29 is 9.18 Å². The number of carbonyl (C=O) groups is 1. The Hall–Kier alpha value is -4.00. The first-order valence-electron chi connectivity index (χ1n) is 9.81. The zero-order valence-electron chi connectivity index (χ0n) is 17.1. The first kappa shape index (κ1) is 20.3. The summed E-state index contributed by atoms with van der Waals surface area (Å²) in [4.78, 5) is 25.1. The van der Waals surface area contributed by atoms with Crippen molar-refractivity contribution in [2.45, 2.75) is 13.0 Å². The lowest BCUT2D eigenvalue weighted by molar-refractivity contribution is 0.0939. The third-order valence-electron chi connectivity index (χ3n) is 5.03. The molecule has 0 saturated heterocycles. The first-order valence-corrected chi connectivity index (χ1v) is 9.81. The van der Waals surface area contributed by atoms with Crippen LogP contribution in [0.1, 0.15) is 28.9 Å². The minimum atomic E-state index is -0.540. The average Bonchev–Trinajstić information content (AvgIpc) is 3.21. The van der Waals surface area contributed by atoms with Gasteiger partial charge >= 0.3 is 0 Å². The van der Waals surface area contributed by atoms with Gasteiger partial charge in [-0.05, 0) is 42.8 Å². The van der Waals surface area contributed by atoms with Crippen LogP contribution in [0.25, 0.3) is 16.9 Å². The van der Waals surface area contributed by atoms with Crippen LogP contribution in [0.5, 0.6) is 0 Å². The number of amides is 1. The smallest absolute Gasteiger partial charge is 0.255 e. The fourth-order valence-electron chi connectivity index (χ4n) is 3.36. The molecule has 0 radical (unpaired) electrons. The average molecular weight is 416 g/mol. The molecule has 2 heterocycles. The highest BCUT2D eigenvalue weighted by molar-refractivity contribution is 5.94. The van der Waals surface area contributed by atoms with Gasteiger partial charge in [0, 0.05) is 31.1 Å². The lowest BCUT2D eigenvalue weighted by atomic mass is 10.0. The van der Waals surface area contributed by atoms with Gasteiger partial charge in [-0.3, -0.25) is 18.8 Å². The van der Waals surface area contributed by atoms with Crippen molar-refractivity contribution >= 4 is 5.91 Å². The van der Waals surface area contributed by atoms with E-state index >= 15 is 0 Å². The maximum Gasteiger partial charge on any atom is 0.255 e. The summed E-state index contributed by atoms with van der Waals surface area (Å²) in [5.74, 6) is -0.900. The van der Waals surface area contributed by atoms with Crippen molar-refractivity contribution in [3.8, 4) is 16.9 Å². The van der Waals surface area contributed by atoms with Crippen molar-refractivity contribution in [3.05, 3.63) is 106 Å². The largest absolute Gasteiger partial charge is 0.345 e. The molecule has 0 spiro atoms. The summed E-state index contributed by atoms with van der Waals surface area (Å²) in [6, 6.07) is 18.1. The zero-order chi connectivity index (χ0) is 22.0. The predicted molar refractivity (Wildman–Crippen MR) is 117 cm³/mol. The Kier molecular flexibility index (Phi) is 5.49. The van der Waals surface area contributed by atoms with E-state index in [0.29, 0.717) is 0 Å². The van der Waals surface area contributed by atoms with Crippen molar-refractivity contribution in [1.82, 2.24) is 19.7 Å². The number of hydrogen-bond donors (Lipinski definition) is 1. The Labute approximate surface area is 178 Å². The van der Waals surface area contributed by atoms with Gasteiger partial charge < -0.3 is 5.32 Å². The van der Waals surface area contributed by atoms with Gasteiger partial charge in [0.1, 0.15) is 5.82 Å². The molecule has 7 heteroatoms. The number of nitrogens with zero attached hydrogens (tertiary/aromatic N) is 3. The number of halogens is 1. The number of pyridine rings is 1. The van der Waals surface area contributed by atoms with E-state index in [-0.39, 0.29) is 23.2 Å². The van der Waals surface area contributed by atoms with Gasteiger partial charge in [0.15, 0.2) is 0 Å². The number of benzene rings is 2. The topological polar surface area (TPSA) is 68.9 Å². The van der Waals surface area contributed by atoms with E-state index in [1.165, 1.54) is 30.5 Å². The summed E-state index contributed by atoms with van der Waals surface area (Å²) in [5.41, 5.74) is 2.65. The highest BCUT2D eigenvalue weighted by atomic mass is 19.1. The van der Waals surface area contributed by atoms with Crippen LogP contribution in [0.15, 0.2) is 83.9 Å². The van der Waals surface area contributed by atoms with E-state index in [0.717, 1.165) is 21.4 Å². The fourth-order valence-corrected chi connectivity index (χ4v) is 3.36. The molecule has 31 heavy (non-hydrogen) atoms. The normalized spacial score (nSPS) is 11.8. The number of nitrogens with one attached hydrogen (secondary N) is 1. The van der Waals surface area contributed by atoms with E-state index in [1.54, 1.807) is 16.8 Å². The summed E-state index contributed by atoms with van der Waals surface area (Å²) in [5, 5.41) is 7.35. The molecule has 0 fully saturated rings. The molecule has 156 valence electrons. The van der Waals surface area contributed by atoms with Gasteiger partial charge in [0.2, 0.25) is 0 Å². The quantitative estimate of drug-likeness (QED) is 0.537. The van der Waals surface area contributed by atoms with Crippen LogP contribution < -0.4 is 10.9 Å². The van der Waals surface area contributed by atoms with Crippen molar-refractivity contribution in [3.63, 3.8) is 0 Å². The second-order valence-electron chi connectivity index (χ2n) is 7.27. The third kappa shape index (κ3) is 4.30. The van der Waals surface area contributed by atoms with E-state index in [1.807, 2.05) is 50.5 Å². The van der Waals surface area contributed by atoms with E-state index in [2.05, 4.69) is 10.4 Å². The van der Waals surface area contributed by atoms with E-state index in [4.69, 9.17) is 0 Å². The van der Waals surface area contributed by atoms with Crippen LogP contribution in [-0.2, 0) is 7.05 Å². The van der Waals surface area contributed by atoms with Gasteiger partial charge in [0.05, 0.1) is 23.0 Å². The number of carbonyl (C=O) groups excluding carboxylic acids is 1. The van der Waals surface area contributed by atoms with Crippen molar-refractivity contribution in [1.29, 1.82) is 0 Å². The molecule has 4 aromatic rings. The van der Waals surface area contributed by atoms with Crippen LogP contribution in [0.4, 0.5) is 4.39 Å². The van der Waals surface area contributed by atoms with Gasteiger partial charge in [-0.25, -0.2) is 4.39 Å². The van der Waals surface area contributed by atoms with Crippen LogP contribution in [0.3, 0.4) is 0 Å². The van der Waals surface area contributed by atoms with Crippen LogP contribution in [-0.4, -0.2) is 20.3 Å². The van der Waals surface area contributed by atoms with E-state index in [9.17, 15) is 14.0 Å². The summed E-state index contributed by atoms with van der Waals surface area (Å²) < 4.78 is 17.0. The molecule has 0 aliphatic heterocycles. The lowest BCUT2D eigenvalue weighted by Gasteiger charge is -2.16. The van der Waals surface area contributed by atoms with Crippen molar-refractivity contribution in [2.24, 2.45) is 7.05 Å². The second-order valence-corrected chi connectivity index (χ2v) is 7.27. The summed E-state index contributed by atoms with van der Waals surface area (Å²) >= 11 is 0. The predicted octanol–water partition coefficient (Wildman–Crippen LogP) is 3.87. The number of hydrogen-bond acceptors (Lipinski definition) is 3. The van der Waals surface area contributed by atoms with Crippen LogP contribution in [0, 0.1) is 5.82 Å². The molecular weight excluding hydrogens is 395 g/mol. The van der Waals surface area contributed by atoms with Gasteiger partial charge in [-0.1, -0.05) is 30.3 Å². The number of aryl methyl sites for hydroxylation is 1. The molecule has 4 rings (SSSR count). The van der Waals surface area contributed by atoms with Crippen LogP contribution in [0.2, 0.25) is 0 Å². The van der Waals surface area contributed by atoms with E-state index < -0.39 is 11.4 Å². The fraction of sp³-hybridized carbons (Fsp3) is 0.125. The summed E-state index contributed by atoms with van der Waals surface area (Å²) in [6.07, 6.45) is 3.23. The summed E-state index contributed by atoms with van der Waals surface area (Å²) in [7, 11) is 1.86. The highest BCUT2D eigenvalue weighted by Gasteiger charge is 2.15. The maximum atomic E-state index is 14.1. The molecule has 2 aromatic carbocycles. The Morgan fingerprint density at radius 1 is 1.06 bits per heavy atom. The molecule has 0 unspecified atom stereocenters. The Balaban J connectivity index is 1.57. The first-order chi connectivity index (χ1) is 14.9. The Morgan fingerprint density at radius 2 is 1.87 bits per heavy atom. The Bertz CT molecular complexity index is 1310. The molecule has 2 aromatic heterocycles. The van der Waals surface area contributed by atoms with Gasteiger partial charge in [0.25, 0.3) is 11.5 Å². The zero-order valence-corrected chi connectivity index (χ0v) is 17.1. The minimum absolute atomic E-state index is 0.0956. The molecule has 1 atom stereocenters. The number of rotatable bonds is 5. The highest BCUT2D eigenvalue weighted by Crippen LogP contribution is 2.22. The molecule has 1 N–H and O–H groups in total. The van der Waals surface area contributed by atoms with Gasteiger partial charge in [-0.2, -0.15) is 5.10 Å². The summed E-state index contributed by atoms with van der Waals surface area (Å²) in [6.45, 7) is 1.88. The molecule has 0 aliphatic carbocycles. The van der Waals surface area contributed by atoms with Gasteiger partial charge in [-0.15, -0.1) is 0 Å². The molecule has 0 aliphatic rings. The van der Waals surface area contributed by atoms with Crippen LogP contribution >= 0.6 is 0 Å². The molecular formula is C24H21FN4O2.